The predicted molar refractivity (Wildman–Crippen MR) is 57.4 cm³/mol. The van der Waals surface area contributed by atoms with Crippen molar-refractivity contribution in [3.63, 3.8) is 0 Å². The summed E-state index contributed by atoms with van der Waals surface area (Å²) in [6.07, 6.45) is -5.59. The molecule has 0 fully saturated rings. The Hall–Kier alpha value is -2.37. The van der Waals surface area contributed by atoms with E-state index >= 15 is 0 Å². The van der Waals surface area contributed by atoms with Gasteiger partial charge in [0.1, 0.15) is 17.3 Å². The van der Waals surface area contributed by atoms with E-state index in [0.29, 0.717) is 11.5 Å². The van der Waals surface area contributed by atoms with Gasteiger partial charge in [-0.1, -0.05) is 10.3 Å². The minimum absolute atomic E-state index is 0.0314. The number of halogens is 3. The van der Waals surface area contributed by atoms with E-state index in [1.54, 1.807) is 6.92 Å². The fraction of sp³-hybridized carbons (Fsp3) is 0.455. The zero-order chi connectivity index (χ0) is 14.8. The first-order valence-corrected chi connectivity index (χ1v) is 5.62. The largest absolute Gasteiger partial charge is 0.389 e. The smallest absolute Gasteiger partial charge is 0.360 e. The monoisotopic (exact) mass is 286 g/mol. The number of hydrogen-bond donors (Lipinski definition) is 0. The van der Waals surface area contributed by atoms with Gasteiger partial charge in [-0.2, -0.15) is 23.4 Å². The molecular formula is C11H9F3N4O2. The van der Waals surface area contributed by atoms with Crippen LogP contribution in [-0.4, -0.2) is 21.5 Å². The molecule has 2 aromatic heterocycles. The lowest BCUT2D eigenvalue weighted by Gasteiger charge is -2.01. The number of nitrogens with zero attached hydrogens (tertiary/aromatic N) is 4. The normalized spacial score (nSPS) is 11.6. The molecule has 106 valence electrons. The molecule has 0 bridgehead atoms. The molecule has 0 saturated carbocycles. The molecule has 0 aliphatic heterocycles. The molecule has 9 heteroatoms. The Balaban J connectivity index is 2.05. The third-order valence-electron chi connectivity index (χ3n) is 2.51. The van der Waals surface area contributed by atoms with Crippen LogP contribution in [0.4, 0.5) is 13.2 Å². The van der Waals surface area contributed by atoms with Gasteiger partial charge in [-0.3, -0.25) is 0 Å². The molecule has 0 aromatic carbocycles. The van der Waals surface area contributed by atoms with Crippen LogP contribution >= 0.6 is 0 Å². The van der Waals surface area contributed by atoms with Crippen LogP contribution in [0.3, 0.4) is 0 Å². The predicted octanol–water partition coefficient (Wildman–Crippen LogP) is 2.32. The van der Waals surface area contributed by atoms with E-state index in [-0.39, 0.29) is 30.1 Å². The minimum atomic E-state index is -4.27. The van der Waals surface area contributed by atoms with Gasteiger partial charge in [0.15, 0.2) is 11.6 Å². The first-order chi connectivity index (χ1) is 9.39. The third-order valence-corrected chi connectivity index (χ3v) is 2.51. The lowest BCUT2D eigenvalue weighted by atomic mass is 10.2. The molecule has 20 heavy (non-hydrogen) atoms. The molecular weight excluding hydrogens is 277 g/mol. The molecule has 2 heterocycles. The average Bonchev–Trinajstić information content (AvgIpc) is 2.94. The molecule has 0 radical (unpaired) electrons. The molecule has 6 nitrogen and oxygen atoms in total. The standard InChI is InChI=1S/C11H9F3N4O2/c1-6-7(5-15)8(17-19-6)4-10-16-9(18-20-10)2-3-11(12,13)14/h2-4H2,1H3. The number of hydrogen-bond acceptors (Lipinski definition) is 6. The molecule has 0 saturated heterocycles. The van der Waals surface area contributed by atoms with Crippen LogP contribution in [0.5, 0.6) is 0 Å². The zero-order valence-corrected chi connectivity index (χ0v) is 10.4. The molecule has 0 amide bonds. The topological polar surface area (TPSA) is 88.7 Å². The van der Waals surface area contributed by atoms with E-state index in [1.807, 2.05) is 6.07 Å². The fourth-order valence-corrected chi connectivity index (χ4v) is 1.54. The summed E-state index contributed by atoms with van der Waals surface area (Å²) in [4.78, 5) is 3.82. The summed E-state index contributed by atoms with van der Waals surface area (Å²) in [7, 11) is 0. The van der Waals surface area contributed by atoms with Crippen LogP contribution in [0.15, 0.2) is 9.05 Å². The van der Waals surface area contributed by atoms with Crippen LogP contribution in [0.25, 0.3) is 0 Å². The molecule has 0 spiro atoms. The zero-order valence-electron chi connectivity index (χ0n) is 10.4. The first kappa shape index (κ1) is 14.0. The van der Waals surface area contributed by atoms with Gasteiger partial charge in [-0.25, -0.2) is 0 Å². The maximum atomic E-state index is 12.1. The van der Waals surface area contributed by atoms with Gasteiger partial charge in [0.2, 0.25) is 5.89 Å². The van der Waals surface area contributed by atoms with Gasteiger partial charge in [0.05, 0.1) is 12.8 Å². The third kappa shape index (κ3) is 3.34. The molecule has 2 aromatic rings. The Morgan fingerprint density at radius 3 is 2.65 bits per heavy atom. The van der Waals surface area contributed by atoms with E-state index in [4.69, 9.17) is 14.3 Å². The van der Waals surface area contributed by atoms with Crippen LogP contribution in [0.2, 0.25) is 0 Å². The summed E-state index contributed by atoms with van der Waals surface area (Å²) in [5, 5.41) is 16.0. The van der Waals surface area contributed by atoms with Crippen molar-refractivity contribution < 1.29 is 22.2 Å². The second-order valence-corrected chi connectivity index (χ2v) is 4.07. The van der Waals surface area contributed by atoms with Gasteiger partial charge in [-0.15, -0.1) is 0 Å². The molecule has 2 rings (SSSR count). The van der Waals surface area contributed by atoms with Crippen molar-refractivity contribution in [1.29, 1.82) is 5.26 Å². The molecule has 0 N–H and O–H groups in total. The van der Waals surface area contributed by atoms with Gasteiger partial charge in [-0.05, 0) is 6.92 Å². The molecule has 0 aliphatic carbocycles. The lowest BCUT2D eigenvalue weighted by molar-refractivity contribution is -0.134. The number of aryl methyl sites for hydroxylation is 2. The molecule has 0 atom stereocenters. The quantitative estimate of drug-likeness (QED) is 0.856. The van der Waals surface area contributed by atoms with Crippen molar-refractivity contribution >= 4 is 0 Å². The van der Waals surface area contributed by atoms with Crippen molar-refractivity contribution in [2.75, 3.05) is 0 Å². The Kier molecular flexibility index (Phi) is 3.74. The van der Waals surface area contributed by atoms with Gasteiger partial charge in [0.25, 0.3) is 0 Å². The highest BCUT2D eigenvalue weighted by Crippen LogP contribution is 2.21. The van der Waals surface area contributed by atoms with Crippen molar-refractivity contribution in [3.8, 4) is 6.07 Å². The highest BCUT2D eigenvalue weighted by Gasteiger charge is 2.27. The summed E-state index contributed by atoms with van der Waals surface area (Å²) in [6, 6.07) is 1.92. The lowest BCUT2D eigenvalue weighted by Crippen LogP contribution is -2.09. The first-order valence-electron chi connectivity index (χ1n) is 5.62. The van der Waals surface area contributed by atoms with Gasteiger partial charge < -0.3 is 9.05 Å². The second-order valence-electron chi connectivity index (χ2n) is 4.07. The van der Waals surface area contributed by atoms with E-state index in [2.05, 4.69) is 15.3 Å². The second kappa shape index (κ2) is 5.32. The van der Waals surface area contributed by atoms with E-state index in [0.717, 1.165) is 0 Å². The Morgan fingerprint density at radius 2 is 2.00 bits per heavy atom. The summed E-state index contributed by atoms with van der Waals surface area (Å²) in [5.41, 5.74) is 0.580. The van der Waals surface area contributed by atoms with Gasteiger partial charge in [0, 0.05) is 6.42 Å². The van der Waals surface area contributed by atoms with Gasteiger partial charge >= 0.3 is 6.18 Å². The number of rotatable bonds is 4. The van der Waals surface area contributed by atoms with Crippen LogP contribution in [0, 0.1) is 18.3 Å². The highest BCUT2D eigenvalue weighted by atomic mass is 19.4. The summed E-state index contributed by atoms with van der Waals surface area (Å²) < 4.78 is 45.8. The van der Waals surface area contributed by atoms with Crippen LogP contribution < -0.4 is 0 Å². The highest BCUT2D eigenvalue weighted by molar-refractivity contribution is 5.36. The molecule has 0 aliphatic rings. The summed E-state index contributed by atoms with van der Waals surface area (Å²) in [5.74, 6) is 0.419. The average molecular weight is 286 g/mol. The summed E-state index contributed by atoms with van der Waals surface area (Å²) >= 11 is 0. The minimum Gasteiger partial charge on any atom is -0.360 e. The number of aromatic nitrogens is 3. The maximum Gasteiger partial charge on any atom is 0.389 e. The SMILES string of the molecule is Cc1onc(Cc2nc(CCC(F)(F)F)no2)c1C#N. The van der Waals surface area contributed by atoms with Crippen molar-refractivity contribution in [2.24, 2.45) is 0 Å². The number of nitriles is 1. The van der Waals surface area contributed by atoms with Crippen LogP contribution in [-0.2, 0) is 12.8 Å². The summed E-state index contributed by atoms with van der Waals surface area (Å²) in [6.45, 7) is 1.58. The van der Waals surface area contributed by atoms with Crippen molar-refractivity contribution in [1.82, 2.24) is 15.3 Å². The van der Waals surface area contributed by atoms with Crippen LogP contribution in [0.1, 0.15) is 35.2 Å². The number of alkyl halides is 3. The Morgan fingerprint density at radius 1 is 1.25 bits per heavy atom. The van der Waals surface area contributed by atoms with Crippen molar-refractivity contribution in [2.45, 2.75) is 32.4 Å². The van der Waals surface area contributed by atoms with E-state index < -0.39 is 12.6 Å². The van der Waals surface area contributed by atoms with E-state index in [9.17, 15) is 13.2 Å². The molecule has 0 unspecified atom stereocenters. The Bertz CT molecular complexity index is 639. The fourth-order valence-electron chi connectivity index (χ4n) is 1.54. The van der Waals surface area contributed by atoms with Crippen molar-refractivity contribution in [3.05, 3.63) is 28.7 Å². The Labute approximate surface area is 111 Å². The van der Waals surface area contributed by atoms with E-state index in [1.165, 1.54) is 0 Å². The maximum absolute atomic E-state index is 12.1.